The summed E-state index contributed by atoms with van der Waals surface area (Å²) in [7, 11) is 0. The van der Waals surface area contributed by atoms with Gasteiger partial charge in [0.25, 0.3) is 0 Å². The summed E-state index contributed by atoms with van der Waals surface area (Å²) in [6.45, 7) is 2.96. The van der Waals surface area contributed by atoms with E-state index in [0.717, 1.165) is 36.4 Å². The van der Waals surface area contributed by atoms with Gasteiger partial charge in [0.1, 0.15) is 26.4 Å². The van der Waals surface area contributed by atoms with Crippen molar-refractivity contribution in [3.8, 4) is 23.0 Å². The first-order chi connectivity index (χ1) is 15.7. The second kappa shape index (κ2) is 8.96. The molecule has 0 saturated carbocycles. The second-order valence-electron chi connectivity index (χ2n) is 7.89. The minimum atomic E-state index is -0.582. The average Bonchev–Trinajstić information content (AvgIpc) is 3.26. The number of rotatable bonds is 4. The van der Waals surface area contributed by atoms with Crippen LogP contribution in [0.3, 0.4) is 0 Å². The van der Waals surface area contributed by atoms with Crippen LogP contribution >= 0.6 is 0 Å². The summed E-state index contributed by atoms with van der Waals surface area (Å²) in [5.41, 5.74) is 1.61. The number of ether oxygens (including phenoxy) is 4. The SMILES string of the molecule is O=C(CN1CCCC1c1ccc2c(c1)OCCO2)NC(=O)Nc1ccc2c(c1)OCCO2. The van der Waals surface area contributed by atoms with Crippen LogP contribution in [0.4, 0.5) is 10.5 Å². The van der Waals surface area contributed by atoms with Crippen molar-refractivity contribution in [3.05, 3.63) is 42.0 Å². The molecule has 0 spiro atoms. The number of nitrogens with one attached hydrogen (secondary N) is 2. The molecule has 1 atom stereocenters. The first-order valence-corrected chi connectivity index (χ1v) is 10.8. The minimum absolute atomic E-state index is 0.0948. The van der Waals surface area contributed by atoms with Crippen molar-refractivity contribution in [3.63, 3.8) is 0 Å². The second-order valence-corrected chi connectivity index (χ2v) is 7.89. The zero-order chi connectivity index (χ0) is 21.9. The van der Waals surface area contributed by atoms with E-state index in [2.05, 4.69) is 15.5 Å². The monoisotopic (exact) mass is 439 g/mol. The Morgan fingerprint density at radius 3 is 2.28 bits per heavy atom. The lowest BCUT2D eigenvalue weighted by Crippen LogP contribution is -2.41. The Morgan fingerprint density at radius 1 is 0.875 bits per heavy atom. The lowest BCUT2D eigenvalue weighted by molar-refractivity contribution is -0.121. The molecule has 168 valence electrons. The molecule has 0 radical (unpaired) electrons. The van der Waals surface area contributed by atoms with Crippen molar-refractivity contribution in [1.29, 1.82) is 0 Å². The zero-order valence-electron chi connectivity index (χ0n) is 17.6. The van der Waals surface area contributed by atoms with Crippen molar-refractivity contribution in [1.82, 2.24) is 10.2 Å². The molecule has 32 heavy (non-hydrogen) atoms. The van der Waals surface area contributed by atoms with Crippen LogP contribution in [0.5, 0.6) is 23.0 Å². The third-order valence-electron chi connectivity index (χ3n) is 5.71. The highest BCUT2D eigenvalue weighted by atomic mass is 16.6. The van der Waals surface area contributed by atoms with E-state index in [4.69, 9.17) is 18.9 Å². The van der Waals surface area contributed by atoms with Crippen LogP contribution in [0.2, 0.25) is 0 Å². The number of benzene rings is 2. The fourth-order valence-electron chi connectivity index (χ4n) is 4.29. The van der Waals surface area contributed by atoms with Crippen molar-refractivity contribution in [2.75, 3.05) is 44.8 Å². The van der Waals surface area contributed by atoms with E-state index in [1.165, 1.54) is 0 Å². The first-order valence-electron chi connectivity index (χ1n) is 10.8. The lowest BCUT2D eigenvalue weighted by Gasteiger charge is -2.26. The van der Waals surface area contributed by atoms with Crippen LogP contribution in [-0.4, -0.2) is 56.4 Å². The number of amides is 3. The summed E-state index contributed by atoms with van der Waals surface area (Å²) in [5, 5.41) is 5.08. The molecule has 1 unspecified atom stereocenters. The number of nitrogens with zero attached hydrogens (tertiary/aromatic N) is 1. The highest BCUT2D eigenvalue weighted by Crippen LogP contribution is 2.38. The smallest absolute Gasteiger partial charge is 0.325 e. The predicted molar refractivity (Wildman–Crippen MR) is 116 cm³/mol. The summed E-state index contributed by atoms with van der Waals surface area (Å²) < 4.78 is 22.3. The Hall–Kier alpha value is -3.46. The molecule has 5 rings (SSSR count). The molecule has 9 nitrogen and oxygen atoms in total. The van der Waals surface area contributed by atoms with Gasteiger partial charge >= 0.3 is 6.03 Å². The molecule has 0 bridgehead atoms. The summed E-state index contributed by atoms with van der Waals surface area (Å²) in [4.78, 5) is 26.9. The van der Waals surface area contributed by atoms with E-state index in [9.17, 15) is 9.59 Å². The summed E-state index contributed by atoms with van der Waals surface area (Å²) in [6, 6.07) is 10.5. The molecule has 3 amide bonds. The van der Waals surface area contributed by atoms with Crippen molar-refractivity contribution < 1.29 is 28.5 Å². The number of carbonyl (C=O) groups is 2. The van der Waals surface area contributed by atoms with E-state index >= 15 is 0 Å². The molecule has 3 aliphatic rings. The quantitative estimate of drug-likeness (QED) is 0.756. The van der Waals surface area contributed by atoms with Gasteiger partial charge in [0, 0.05) is 17.8 Å². The Morgan fingerprint density at radius 2 is 1.53 bits per heavy atom. The van der Waals surface area contributed by atoms with Crippen LogP contribution in [0, 0.1) is 0 Å². The Bertz CT molecular complexity index is 1030. The number of imide groups is 1. The number of hydrogen-bond acceptors (Lipinski definition) is 7. The molecule has 1 fully saturated rings. The van der Waals surface area contributed by atoms with Crippen molar-refractivity contribution in [2.24, 2.45) is 0 Å². The number of hydrogen-bond donors (Lipinski definition) is 2. The maximum absolute atomic E-state index is 12.5. The molecule has 0 aliphatic carbocycles. The number of likely N-dealkylation sites (tertiary alicyclic amines) is 1. The molecule has 2 aromatic carbocycles. The highest BCUT2D eigenvalue weighted by Gasteiger charge is 2.29. The normalized spacial score (nSPS) is 19.3. The number of fused-ring (bicyclic) bond motifs is 2. The third kappa shape index (κ3) is 4.43. The zero-order valence-corrected chi connectivity index (χ0v) is 17.6. The topological polar surface area (TPSA) is 98.4 Å². The molecule has 9 heteroatoms. The van der Waals surface area contributed by atoms with E-state index < -0.39 is 6.03 Å². The molecule has 3 heterocycles. The van der Waals surface area contributed by atoms with Crippen molar-refractivity contribution >= 4 is 17.6 Å². The Labute approximate surface area is 185 Å². The van der Waals surface area contributed by atoms with Crippen LogP contribution < -0.4 is 29.6 Å². The van der Waals surface area contributed by atoms with Crippen LogP contribution in [0.1, 0.15) is 24.4 Å². The maximum Gasteiger partial charge on any atom is 0.325 e. The van der Waals surface area contributed by atoms with Gasteiger partial charge in [0.15, 0.2) is 23.0 Å². The molecule has 3 aliphatic heterocycles. The lowest BCUT2D eigenvalue weighted by atomic mass is 10.0. The van der Waals surface area contributed by atoms with Gasteiger partial charge in [0.2, 0.25) is 5.91 Å². The van der Waals surface area contributed by atoms with E-state index in [0.29, 0.717) is 43.6 Å². The minimum Gasteiger partial charge on any atom is -0.486 e. The van der Waals surface area contributed by atoms with Gasteiger partial charge in [-0.05, 0) is 49.2 Å². The molecular weight excluding hydrogens is 414 g/mol. The summed E-state index contributed by atoms with van der Waals surface area (Å²) >= 11 is 0. The fourth-order valence-corrected chi connectivity index (χ4v) is 4.29. The maximum atomic E-state index is 12.5. The van der Waals surface area contributed by atoms with Crippen molar-refractivity contribution in [2.45, 2.75) is 18.9 Å². The summed E-state index contributed by atoms with van der Waals surface area (Å²) in [6.07, 6.45) is 1.92. The number of urea groups is 1. The van der Waals surface area contributed by atoms with Crippen LogP contribution in [-0.2, 0) is 4.79 Å². The average molecular weight is 439 g/mol. The largest absolute Gasteiger partial charge is 0.486 e. The van der Waals surface area contributed by atoms with E-state index in [1.54, 1.807) is 18.2 Å². The van der Waals surface area contributed by atoms with Gasteiger partial charge in [-0.2, -0.15) is 0 Å². The summed E-state index contributed by atoms with van der Waals surface area (Å²) in [5.74, 6) is 2.34. The van der Waals surface area contributed by atoms with Crippen LogP contribution in [0.25, 0.3) is 0 Å². The Balaban J connectivity index is 1.18. The van der Waals surface area contributed by atoms with Crippen LogP contribution in [0.15, 0.2) is 36.4 Å². The third-order valence-corrected chi connectivity index (χ3v) is 5.71. The van der Waals surface area contributed by atoms with Gasteiger partial charge in [-0.15, -0.1) is 0 Å². The molecule has 2 aromatic rings. The molecular formula is C23H25N3O6. The van der Waals surface area contributed by atoms with E-state index in [-0.39, 0.29) is 18.5 Å². The number of carbonyl (C=O) groups excluding carboxylic acids is 2. The van der Waals surface area contributed by atoms with Gasteiger partial charge in [-0.3, -0.25) is 15.0 Å². The standard InChI is InChI=1S/C23H25N3O6/c27-22(25-23(28)24-16-4-6-19-21(13-16)32-11-9-30-19)14-26-7-1-2-17(26)15-3-5-18-20(12-15)31-10-8-29-18/h3-6,12-13,17H,1-2,7-11,14H2,(H2,24,25,27,28). The fraction of sp³-hybridized carbons (Fsp3) is 0.391. The van der Waals surface area contributed by atoms with Gasteiger partial charge in [-0.1, -0.05) is 6.07 Å². The number of anilines is 1. The first kappa shape index (κ1) is 20.4. The molecule has 0 aromatic heterocycles. The van der Waals surface area contributed by atoms with Gasteiger partial charge < -0.3 is 24.3 Å². The Kier molecular flexibility index (Phi) is 5.72. The predicted octanol–water partition coefficient (Wildman–Crippen LogP) is 2.71. The van der Waals surface area contributed by atoms with Gasteiger partial charge in [-0.25, -0.2) is 4.79 Å². The highest BCUT2D eigenvalue weighted by molar-refractivity contribution is 6.01. The molecule has 2 N–H and O–H groups in total. The van der Waals surface area contributed by atoms with E-state index in [1.807, 2.05) is 18.2 Å². The van der Waals surface area contributed by atoms with Gasteiger partial charge in [0.05, 0.1) is 6.54 Å². The molecule has 1 saturated heterocycles.